The van der Waals surface area contributed by atoms with Crippen molar-refractivity contribution in [3.05, 3.63) is 93.4 Å². The number of aromatic hydroxyl groups is 2. The second kappa shape index (κ2) is 7.79. The first kappa shape index (κ1) is 20.8. The number of pyridine rings is 1. The molecule has 0 bridgehead atoms. The molecule has 0 radical (unpaired) electrons. The number of aromatic nitrogens is 4. The summed E-state index contributed by atoms with van der Waals surface area (Å²) in [5.74, 6) is -1.89. The van der Waals surface area contributed by atoms with Gasteiger partial charge in [-0.25, -0.2) is 13.5 Å². The van der Waals surface area contributed by atoms with E-state index in [-0.39, 0.29) is 39.9 Å². The Balaban J connectivity index is 1.66. The number of hydrogen-bond donors (Lipinski definition) is 3. The molecule has 10 heteroatoms. The Hall–Kier alpha value is -4.11. The van der Waals surface area contributed by atoms with Crippen molar-refractivity contribution in [2.24, 2.45) is 0 Å². The molecule has 166 valence electrons. The van der Waals surface area contributed by atoms with Crippen molar-refractivity contribution in [2.45, 2.75) is 6.54 Å². The molecule has 0 aliphatic heterocycles. The Morgan fingerprint density at radius 1 is 0.970 bits per heavy atom. The van der Waals surface area contributed by atoms with Crippen molar-refractivity contribution in [3.63, 3.8) is 0 Å². The highest BCUT2D eigenvalue weighted by Gasteiger charge is 2.23. The number of nitrogens with zero attached hydrogens (tertiary/aromatic N) is 3. The van der Waals surface area contributed by atoms with Gasteiger partial charge in [-0.15, -0.1) is 0 Å². The van der Waals surface area contributed by atoms with Gasteiger partial charge >= 0.3 is 0 Å². The van der Waals surface area contributed by atoms with Gasteiger partial charge in [0.2, 0.25) is 0 Å². The normalized spacial score (nSPS) is 11.4. The van der Waals surface area contributed by atoms with E-state index < -0.39 is 22.9 Å². The van der Waals surface area contributed by atoms with E-state index in [1.165, 1.54) is 29.0 Å². The van der Waals surface area contributed by atoms with Gasteiger partial charge in [0.1, 0.15) is 16.9 Å². The number of H-pyrrole nitrogens is 1. The van der Waals surface area contributed by atoms with Crippen LogP contribution in [0.2, 0.25) is 5.02 Å². The maximum atomic E-state index is 14.5. The van der Waals surface area contributed by atoms with Crippen molar-refractivity contribution in [1.29, 1.82) is 0 Å². The van der Waals surface area contributed by atoms with E-state index in [1.54, 1.807) is 24.3 Å². The molecule has 33 heavy (non-hydrogen) atoms. The summed E-state index contributed by atoms with van der Waals surface area (Å²) in [7, 11) is 0. The van der Waals surface area contributed by atoms with E-state index in [0.717, 1.165) is 22.4 Å². The average molecular weight is 469 g/mol. The van der Waals surface area contributed by atoms with Crippen LogP contribution in [0.4, 0.5) is 8.78 Å². The fourth-order valence-corrected chi connectivity index (χ4v) is 3.97. The van der Waals surface area contributed by atoms with E-state index in [2.05, 4.69) is 10.1 Å². The lowest BCUT2D eigenvalue weighted by Crippen LogP contribution is -2.07. The maximum absolute atomic E-state index is 14.5. The molecule has 2 aromatic carbocycles. The minimum atomic E-state index is -0.857. The van der Waals surface area contributed by atoms with Crippen LogP contribution in [0.25, 0.3) is 27.8 Å². The number of benzene rings is 2. The summed E-state index contributed by atoms with van der Waals surface area (Å²) >= 11 is 6.30. The lowest BCUT2D eigenvalue weighted by atomic mass is 10.1. The molecule has 3 aromatic heterocycles. The molecule has 0 amide bonds. The number of para-hydroxylation sites is 1. The predicted octanol–water partition coefficient (Wildman–Crippen LogP) is 4.57. The van der Waals surface area contributed by atoms with Crippen molar-refractivity contribution < 1.29 is 19.0 Å². The molecule has 0 unspecified atom stereocenters. The van der Waals surface area contributed by atoms with Gasteiger partial charge in [0, 0.05) is 23.9 Å². The zero-order valence-electron chi connectivity index (χ0n) is 16.8. The van der Waals surface area contributed by atoms with Gasteiger partial charge in [-0.2, -0.15) is 5.10 Å². The topological polar surface area (TPSA) is 96.1 Å². The van der Waals surface area contributed by atoms with Crippen LogP contribution in [0, 0.1) is 11.6 Å². The van der Waals surface area contributed by atoms with E-state index in [1.807, 2.05) is 0 Å². The highest BCUT2D eigenvalue weighted by molar-refractivity contribution is 6.35. The number of aromatic amines is 1. The Kier molecular flexibility index (Phi) is 4.90. The van der Waals surface area contributed by atoms with Gasteiger partial charge < -0.3 is 15.2 Å². The summed E-state index contributed by atoms with van der Waals surface area (Å²) in [4.78, 5) is 15.2. The molecule has 0 saturated carbocycles. The lowest BCUT2D eigenvalue weighted by Gasteiger charge is -2.08. The minimum absolute atomic E-state index is 0.0705. The Labute approximate surface area is 189 Å². The molecule has 0 aliphatic rings. The first-order chi connectivity index (χ1) is 15.8. The predicted molar refractivity (Wildman–Crippen MR) is 119 cm³/mol. The lowest BCUT2D eigenvalue weighted by molar-refractivity contribution is 0.377. The van der Waals surface area contributed by atoms with E-state index in [9.17, 15) is 23.8 Å². The van der Waals surface area contributed by atoms with Crippen LogP contribution >= 0.6 is 11.6 Å². The number of nitrogens with one attached hydrogen (secondary N) is 1. The van der Waals surface area contributed by atoms with Crippen LogP contribution in [-0.2, 0) is 6.54 Å². The van der Waals surface area contributed by atoms with Crippen LogP contribution in [0.5, 0.6) is 11.8 Å². The zero-order chi connectivity index (χ0) is 23.3. The van der Waals surface area contributed by atoms with Gasteiger partial charge in [-0.05, 0) is 17.7 Å². The van der Waals surface area contributed by atoms with Crippen molar-refractivity contribution in [2.75, 3.05) is 0 Å². The molecular formula is C23H15ClF2N4O3. The van der Waals surface area contributed by atoms with Gasteiger partial charge in [-0.3, -0.25) is 9.36 Å². The fourth-order valence-electron chi connectivity index (χ4n) is 3.74. The molecular weight excluding hydrogens is 454 g/mol. The minimum Gasteiger partial charge on any atom is -0.494 e. The first-order valence-electron chi connectivity index (χ1n) is 9.76. The monoisotopic (exact) mass is 468 g/mol. The largest absolute Gasteiger partial charge is 0.494 e. The molecule has 3 N–H and O–H groups in total. The van der Waals surface area contributed by atoms with E-state index in [0.29, 0.717) is 5.56 Å². The number of fused-ring (bicyclic) bond motifs is 1. The molecule has 7 nitrogen and oxygen atoms in total. The van der Waals surface area contributed by atoms with Crippen LogP contribution in [0.3, 0.4) is 0 Å². The van der Waals surface area contributed by atoms with Gasteiger partial charge in [0.05, 0.1) is 17.0 Å². The standard InChI is InChI=1S/C23H15ClF2N4O3/c24-14-10-27-23(33)19-20(28-30(21(14)19)22-15(25)2-1-3-16(22)26)13-6-4-12(5-7-13)11-29-17(31)8-9-18(29)32/h1-10,31-32H,11H2,(H,27,33). The number of rotatable bonds is 4. The third kappa shape index (κ3) is 3.42. The third-order valence-corrected chi connectivity index (χ3v) is 5.61. The van der Waals surface area contributed by atoms with Crippen molar-refractivity contribution in [3.8, 4) is 28.7 Å². The number of halogens is 3. The SMILES string of the molecule is O=c1[nH]cc(Cl)c2c1c(-c1ccc(Cn3c(O)ccc3O)cc1)nn2-c1c(F)cccc1F. The Morgan fingerprint density at radius 2 is 1.61 bits per heavy atom. The highest BCUT2D eigenvalue weighted by Crippen LogP contribution is 2.33. The van der Waals surface area contributed by atoms with Crippen molar-refractivity contribution in [1.82, 2.24) is 19.3 Å². The Morgan fingerprint density at radius 3 is 2.24 bits per heavy atom. The summed E-state index contributed by atoms with van der Waals surface area (Å²) in [6.45, 7) is 0.201. The van der Waals surface area contributed by atoms with Gasteiger partial charge in [-0.1, -0.05) is 41.9 Å². The van der Waals surface area contributed by atoms with E-state index >= 15 is 0 Å². The van der Waals surface area contributed by atoms with Crippen LogP contribution < -0.4 is 5.56 Å². The molecule has 3 heterocycles. The molecule has 0 atom stereocenters. The van der Waals surface area contributed by atoms with Gasteiger partial charge in [0.25, 0.3) is 5.56 Å². The molecule has 5 rings (SSSR count). The van der Waals surface area contributed by atoms with E-state index in [4.69, 9.17) is 11.6 Å². The first-order valence-corrected chi connectivity index (χ1v) is 10.1. The maximum Gasteiger partial charge on any atom is 0.259 e. The smallest absolute Gasteiger partial charge is 0.259 e. The second-order valence-electron chi connectivity index (χ2n) is 7.35. The fraction of sp³-hybridized carbons (Fsp3) is 0.0435. The highest BCUT2D eigenvalue weighted by atomic mass is 35.5. The summed E-state index contributed by atoms with van der Waals surface area (Å²) < 4.78 is 31.4. The molecule has 0 aliphatic carbocycles. The zero-order valence-corrected chi connectivity index (χ0v) is 17.5. The second-order valence-corrected chi connectivity index (χ2v) is 7.76. The molecule has 0 spiro atoms. The summed E-state index contributed by atoms with van der Waals surface area (Å²) in [6.07, 6.45) is 1.24. The summed E-state index contributed by atoms with van der Waals surface area (Å²) in [6, 6.07) is 13.0. The average Bonchev–Trinajstić information content (AvgIpc) is 3.34. The van der Waals surface area contributed by atoms with Gasteiger partial charge in [0.15, 0.2) is 23.4 Å². The van der Waals surface area contributed by atoms with Crippen LogP contribution in [-0.4, -0.2) is 29.5 Å². The van der Waals surface area contributed by atoms with Crippen molar-refractivity contribution >= 4 is 22.5 Å². The molecule has 0 saturated heterocycles. The molecule has 5 aromatic rings. The molecule has 0 fully saturated rings. The summed E-state index contributed by atoms with van der Waals surface area (Å²) in [5.41, 5.74) is 0.555. The summed E-state index contributed by atoms with van der Waals surface area (Å²) in [5, 5.41) is 24.2. The Bertz CT molecular complexity index is 1530. The number of hydrogen-bond acceptors (Lipinski definition) is 4. The quantitative estimate of drug-likeness (QED) is 0.360. The van der Waals surface area contributed by atoms with Crippen LogP contribution in [0.1, 0.15) is 5.56 Å². The third-order valence-electron chi connectivity index (χ3n) is 5.32. The van der Waals surface area contributed by atoms with Crippen LogP contribution in [0.15, 0.2) is 65.6 Å².